The van der Waals surface area contributed by atoms with E-state index in [1.165, 1.54) is 0 Å². The molecule has 0 radical (unpaired) electrons. The van der Waals surface area contributed by atoms with Gasteiger partial charge in [0.2, 0.25) is 5.91 Å². The quantitative estimate of drug-likeness (QED) is 0.316. The Hall–Kier alpha value is -2.15. The molecule has 0 aromatic carbocycles. The highest BCUT2D eigenvalue weighted by atomic mass is 16.5. The van der Waals surface area contributed by atoms with Gasteiger partial charge in [-0.3, -0.25) is 9.78 Å². The molecule has 0 spiro atoms. The van der Waals surface area contributed by atoms with Crippen molar-refractivity contribution in [2.24, 2.45) is 16.3 Å². The van der Waals surface area contributed by atoms with Crippen molar-refractivity contribution in [3.8, 4) is 0 Å². The lowest BCUT2D eigenvalue weighted by Crippen LogP contribution is -2.52. The smallest absolute Gasteiger partial charge is 0.234 e. The number of aromatic nitrogens is 1. The summed E-state index contributed by atoms with van der Waals surface area (Å²) >= 11 is 0. The predicted octanol–water partition coefficient (Wildman–Crippen LogP) is 0.241. The van der Waals surface area contributed by atoms with E-state index in [2.05, 4.69) is 15.5 Å². The van der Waals surface area contributed by atoms with Crippen LogP contribution in [0.25, 0.3) is 0 Å². The summed E-state index contributed by atoms with van der Waals surface area (Å²) in [7, 11) is 0. The second-order valence-corrected chi connectivity index (χ2v) is 4.72. The highest BCUT2D eigenvalue weighted by molar-refractivity contribution is 6.06. The standard InChI is InChI=1S/C13H18N4O3/c14-11(17-19)13(3-6-20-7-4-13)12(18)16-9-10-2-1-5-15-8-10/h1-2,5,8,19H,3-4,6-7,9H2,(H2,14,17)(H,16,18). The van der Waals surface area contributed by atoms with Crippen LogP contribution in [0.5, 0.6) is 0 Å². The van der Waals surface area contributed by atoms with Crippen LogP contribution in [-0.2, 0) is 16.1 Å². The van der Waals surface area contributed by atoms with Crippen LogP contribution >= 0.6 is 0 Å². The monoisotopic (exact) mass is 278 g/mol. The molecule has 7 heteroatoms. The number of rotatable bonds is 4. The molecule has 0 unspecified atom stereocenters. The second-order valence-electron chi connectivity index (χ2n) is 4.72. The van der Waals surface area contributed by atoms with Crippen molar-refractivity contribution in [2.45, 2.75) is 19.4 Å². The molecule has 0 bridgehead atoms. The molecule has 0 atom stereocenters. The van der Waals surface area contributed by atoms with Crippen LogP contribution in [0.15, 0.2) is 29.7 Å². The summed E-state index contributed by atoms with van der Waals surface area (Å²) in [6.07, 6.45) is 4.16. The summed E-state index contributed by atoms with van der Waals surface area (Å²) in [6.45, 7) is 1.18. The van der Waals surface area contributed by atoms with Crippen molar-refractivity contribution in [3.63, 3.8) is 0 Å². The number of oxime groups is 1. The van der Waals surface area contributed by atoms with Crippen LogP contribution in [0, 0.1) is 5.41 Å². The van der Waals surface area contributed by atoms with Crippen molar-refractivity contribution in [1.29, 1.82) is 0 Å². The lowest BCUT2D eigenvalue weighted by molar-refractivity contribution is -0.131. The minimum Gasteiger partial charge on any atom is -0.409 e. The van der Waals surface area contributed by atoms with Gasteiger partial charge in [-0.25, -0.2) is 0 Å². The Morgan fingerprint density at radius 1 is 1.55 bits per heavy atom. The van der Waals surface area contributed by atoms with E-state index >= 15 is 0 Å². The molecule has 1 aliphatic rings. The van der Waals surface area contributed by atoms with E-state index in [9.17, 15) is 4.79 Å². The predicted molar refractivity (Wildman–Crippen MR) is 72.0 cm³/mol. The Labute approximate surface area is 116 Å². The minimum atomic E-state index is -0.991. The normalized spacial score (nSPS) is 18.5. The Morgan fingerprint density at radius 3 is 2.90 bits per heavy atom. The topological polar surface area (TPSA) is 110 Å². The number of carbonyl (C=O) groups is 1. The molecule has 1 fully saturated rings. The van der Waals surface area contributed by atoms with Crippen LogP contribution in [-0.4, -0.2) is 35.1 Å². The van der Waals surface area contributed by atoms with Crippen molar-refractivity contribution in [2.75, 3.05) is 13.2 Å². The highest BCUT2D eigenvalue weighted by Crippen LogP contribution is 2.31. The Kier molecular flexibility index (Phi) is 4.52. The third-order valence-corrected chi connectivity index (χ3v) is 3.55. The third kappa shape index (κ3) is 2.88. The molecular weight excluding hydrogens is 260 g/mol. The summed E-state index contributed by atoms with van der Waals surface area (Å²) in [5.74, 6) is -0.315. The molecule has 2 rings (SSSR count). The first-order valence-electron chi connectivity index (χ1n) is 6.42. The number of nitrogens with two attached hydrogens (primary N) is 1. The SMILES string of the molecule is NC(=NO)C1(C(=O)NCc2cccnc2)CCOCC1. The van der Waals surface area contributed by atoms with Crippen LogP contribution in [0.3, 0.4) is 0 Å². The summed E-state index contributed by atoms with van der Waals surface area (Å²) < 4.78 is 5.25. The molecular formula is C13H18N4O3. The zero-order chi connectivity index (χ0) is 14.4. The molecule has 0 aliphatic carbocycles. The fourth-order valence-electron chi connectivity index (χ4n) is 2.27. The molecule has 1 amide bonds. The van der Waals surface area contributed by atoms with Gasteiger partial charge in [-0.2, -0.15) is 0 Å². The van der Waals surface area contributed by atoms with Gasteiger partial charge in [0, 0.05) is 32.2 Å². The number of carbonyl (C=O) groups excluding carboxylic acids is 1. The van der Waals surface area contributed by atoms with Gasteiger partial charge in [0.25, 0.3) is 0 Å². The number of pyridine rings is 1. The zero-order valence-electron chi connectivity index (χ0n) is 11.1. The maximum Gasteiger partial charge on any atom is 0.234 e. The fraction of sp³-hybridized carbons (Fsp3) is 0.462. The van der Waals surface area contributed by atoms with Gasteiger partial charge in [0.05, 0.1) is 0 Å². The highest BCUT2D eigenvalue weighted by Gasteiger charge is 2.44. The summed E-state index contributed by atoms with van der Waals surface area (Å²) in [5, 5.41) is 14.8. The van der Waals surface area contributed by atoms with Gasteiger partial charge >= 0.3 is 0 Å². The number of nitrogens with one attached hydrogen (secondary N) is 1. The molecule has 108 valence electrons. The minimum absolute atomic E-state index is 0.0653. The number of hydrogen-bond donors (Lipinski definition) is 3. The fourth-order valence-corrected chi connectivity index (χ4v) is 2.27. The van der Waals surface area contributed by atoms with Crippen molar-refractivity contribution in [3.05, 3.63) is 30.1 Å². The Balaban J connectivity index is 2.07. The van der Waals surface area contributed by atoms with E-state index in [-0.39, 0.29) is 11.7 Å². The molecule has 0 saturated carbocycles. The number of amides is 1. The summed E-state index contributed by atoms with van der Waals surface area (Å²) in [5.41, 5.74) is 5.62. The van der Waals surface area contributed by atoms with Gasteiger partial charge in [-0.15, -0.1) is 0 Å². The van der Waals surface area contributed by atoms with Gasteiger partial charge < -0.3 is 21.0 Å². The number of nitrogens with zero attached hydrogens (tertiary/aromatic N) is 2. The van der Waals surface area contributed by atoms with Crippen LogP contribution in [0.1, 0.15) is 18.4 Å². The maximum atomic E-state index is 12.4. The first-order valence-corrected chi connectivity index (χ1v) is 6.42. The second kappa shape index (κ2) is 6.33. The molecule has 4 N–H and O–H groups in total. The van der Waals surface area contributed by atoms with Crippen LogP contribution in [0.4, 0.5) is 0 Å². The van der Waals surface area contributed by atoms with Crippen LogP contribution in [0.2, 0.25) is 0 Å². The first-order chi connectivity index (χ1) is 9.69. The Bertz CT molecular complexity index is 484. The van der Waals surface area contributed by atoms with Crippen LogP contribution < -0.4 is 11.1 Å². The molecule has 1 aromatic rings. The van der Waals surface area contributed by atoms with Gasteiger partial charge in [-0.1, -0.05) is 11.2 Å². The van der Waals surface area contributed by atoms with Crippen molar-refractivity contribution < 1.29 is 14.7 Å². The average molecular weight is 278 g/mol. The molecule has 1 saturated heterocycles. The van der Waals surface area contributed by atoms with E-state index in [4.69, 9.17) is 15.7 Å². The Morgan fingerprint density at radius 2 is 2.30 bits per heavy atom. The lowest BCUT2D eigenvalue weighted by Gasteiger charge is -2.34. The molecule has 1 aliphatic heterocycles. The van der Waals surface area contributed by atoms with Gasteiger partial charge in [0.15, 0.2) is 5.84 Å². The molecule has 1 aromatic heterocycles. The van der Waals surface area contributed by atoms with Crippen molar-refractivity contribution >= 4 is 11.7 Å². The third-order valence-electron chi connectivity index (χ3n) is 3.55. The number of hydrogen-bond acceptors (Lipinski definition) is 5. The van der Waals surface area contributed by atoms with E-state index < -0.39 is 5.41 Å². The maximum absolute atomic E-state index is 12.4. The summed E-state index contributed by atoms with van der Waals surface area (Å²) in [6, 6.07) is 3.67. The molecule has 20 heavy (non-hydrogen) atoms. The number of ether oxygens (including phenoxy) is 1. The molecule has 7 nitrogen and oxygen atoms in total. The average Bonchev–Trinajstić information content (AvgIpc) is 2.53. The van der Waals surface area contributed by atoms with E-state index in [1.54, 1.807) is 18.5 Å². The number of amidine groups is 1. The molecule has 2 heterocycles. The largest absolute Gasteiger partial charge is 0.409 e. The van der Waals surface area contributed by atoms with E-state index in [0.717, 1.165) is 5.56 Å². The van der Waals surface area contributed by atoms with E-state index in [1.807, 2.05) is 6.07 Å². The van der Waals surface area contributed by atoms with Gasteiger partial charge in [-0.05, 0) is 24.5 Å². The van der Waals surface area contributed by atoms with Crippen molar-refractivity contribution in [1.82, 2.24) is 10.3 Å². The summed E-state index contributed by atoms with van der Waals surface area (Å²) in [4.78, 5) is 16.4. The first kappa shape index (κ1) is 14.3. The lowest BCUT2D eigenvalue weighted by atomic mass is 9.78. The van der Waals surface area contributed by atoms with E-state index in [0.29, 0.717) is 32.6 Å². The van der Waals surface area contributed by atoms with Gasteiger partial charge in [0.1, 0.15) is 5.41 Å². The zero-order valence-corrected chi connectivity index (χ0v) is 11.1.